The number of halogens is 1. The van der Waals surface area contributed by atoms with Gasteiger partial charge in [-0.3, -0.25) is 4.98 Å². The van der Waals surface area contributed by atoms with Gasteiger partial charge in [0.05, 0.1) is 0 Å². The van der Waals surface area contributed by atoms with E-state index >= 15 is 0 Å². The molecule has 0 saturated heterocycles. The summed E-state index contributed by atoms with van der Waals surface area (Å²) in [5, 5.41) is 4.26. The van der Waals surface area contributed by atoms with Crippen LogP contribution in [0.1, 0.15) is 22.3 Å². The van der Waals surface area contributed by atoms with Crippen LogP contribution in [0.3, 0.4) is 0 Å². The highest BCUT2D eigenvalue weighted by Gasteiger charge is 2.12. The summed E-state index contributed by atoms with van der Waals surface area (Å²) >= 11 is 6.39. The number of benzene rings is 1. The van der Waals surface area contributed by atoms with Crippen molar-refractivity contribution in [1.29, 1.82) is 0 Å². The molecule has 1 N–H and O–H groups in total. The molecule has 1 aliphatic heterocycles. The first-order chi connectivity index (χ1) is 9.84. The summed E-state index contributed by atoms with van der Waals surface area (Å²) in [5.41, 5.74) is 5.03. The maximum absolute atomic E-state index is 6.39. The molecule has 3 rings (SSSR count). The second-order valence-electron chi connectivity index (χ2n) is 4.97. The SMILES string of the molecule is Clc1ccc2c(c1C=Cc1cccnc1)CCNCC2. The number of rotatable bonds is 2. The molecular formula is C17H17ClN2. The van der Waals surface area contributed by atoms with Crippen molar-refractivity contribution in [3.63, 3.8) is 0 Å². The number of aromatic nitrogens is 1. The lowest BCUT2D eigenvalue weighted by Crippen LogP contribution is -2.16. The van der Waals surface area contributed by atoms with E-state index in [-0.39, 0.29) is 0 Å². The molecule has 0 radical (unpaired) electrons. The summed E-state index contributed by atoms with van der Waals surface area (Å²) in [6, 6.07) is 8.15. The second-order valence-corrected chi connectivity index (χ2v) is 5.38. The van der Waals surface area contributed by atoms with Crippen molar-refractivity contribution in [2.24, 2.45) is 0 Å². The van der Waals surface area contributed by atoms with Crippen molar-refractivity contribution in [2.75, 3.05) is 13.1 Å². The predicted octanol–water partition coefficient (Wildman–Crippen LogP) is 3.59. The molecular weight excluding hydrogens is 268 g/mol. The Balaban J connectivity index is 1.98. The first-order valence-electron chi connectivity index (χ1n) is 6.93. The Labute approximate surface area is 124 Å². The molecule has 1 aromatic heterocycles. The van der Waals surface area contributed by atoms with E-state index in [0.717, 1.165) is 42.1 Å². The molecule has 0 bridgehead atoms. The molecule has 0 atom stereocenters. The standard InChI is InChI=1S/C17H17ClN2/c18-17-6-4-14-7-10-19-11-8-15(14)16(17)5-3-13-2-1-9-20-12-13/h1-6,9,12,19H,7-8,10-11H2. The van der Waals surface area contributed by atoms with Gasteiger partial charge in [0.1, 0.15) is 0 Å². The van der Waals surface area contributed by atoms with Crippen molar-refractivity contribution < 1.29 is 0 Å². The summed E-state index contributed by atoms with van der Waals surface area (Å²) in [6.07, 6.45) is 9.93. The maximum atomic E-state index is 6.39. The van der Waals surface area contributed by atoms with Gasteiger partial charge in [-0.25, -0.2) is 0 Å². The molecule has 1 aliphatic rings. The van der Waals surface area contributed by atoms with Crippen molar-refractivity contribution in [1.82, 2.24) is 10.3 Å². The number of pyridine rings is 1. The first-order valence-corrected chi connectivity index (χ1v) is 7.31. The van der Waals surface area contributed by atoms with Crippen molar-refractivity contribution in [2.45, 2.75) is 12.8 Å². The van der Waals surface area contributed by atoms with Crippen LogP contribution in [0, 0.1) is 0 Å². The van der Waals surface area contributed by atoms with E-state index in [1.165, 1.54) is 11.1 Å². The minimum Gasteiger partial charge on any atom is -0.316 e. The average molecular weight is 285 g/mol. The number of nitrogens with zero attached hydrogens (tertiary/aromatic N) is 1. The quantitative estimate of drug-likeness (QED) is 0.911. The van der Waals surface area contributed by atoms with Crippen LogP contribution in [-0.2, 0) is 12.8 Å². The van der Waals surface area contributed by atoms with Gasteiger partial charge in [-0.1, -0.05) is 35.9 Å². The van der Waals surface area contributed by atoms with Gasteiger partial charge in [0.25, 0.3) is 0 Å². The van der Waals surface area contributed by atoms with E-state index in [1.807, 2.05) is 24.4 Å². The van der Waals surface area contributed by atoms with Gasteiger partial charge >= 0.3 is 0 Å². The topological polar surface area (TPSA) is 24.9 Å². The van der Waals surface area contributed by atoms with Gasteiger partial charge in [0.2, 0.25) is 0 Å². The molecule has 3 heteroatoms. The van der Waals surface area contributed by atoms with Crippen LogP contribution in [0.5, 0.6) is 0 Å². The molecule has 2 heterocycles. The Kier molecular flexibility index (Phi) is 4.14. The Morgan fingerprint density at radius 2 is 2.00 bits per heavy atom. The zero-order valence-corrected chi connectivity index (χ0v) is 12.0. The molecule has 0 unspecified atom stereocenters. The highest BCUT2D eigenvalue weighted by Crippen LogP contribution is 2.27. The van der Waals surface area contributed by atoms with E-state index in [1.54, 1.807) is 6.20 Å². The minimum absolute atomic E-state index is 0.825. The lowest BCUT2D eigenvalue weighted by Gasteiger charge is -2.11. The van der Waals surface area contributed by atoms with Crippen molar-refractivity contribution >= 4 is 23.8 Å². The van der Waals surface area contributed by atoms with E-state index < -0.39 is 0 Å². The third-order valence-electron chi connectivity index (χ3n) is 3.65. The van der Waals surface area contributed by atoms with Gasteiger partial charge in [-0.2, -0.15) is 0 Å². The third kappa shape index (κ3) is 2.92. The van der Waals surface area contributed by atoms with Gasteiger partial charge in [0, 0.05) is 17.4 Å². The number of hydrogen-bond acceptors (Lipinski definition) is 2. The molecule has 0 amide bonds. The summed E-state index contributed by atoms with van der Waals surface area (Å²) in [4.78, 5) is 4.13. The zero-order chi connectivity index (χ0) is 13.8. The normalized spacial score (nSPS) is 15.1. The Bertz CT molecular complexity index is 620. The van der Waals surface area contributed by atoms with Crippen LogP contribution in [-0.4, -0.2) is 18.1 Å². The minimum atomic E-state index is 0.825. The molecule has 0 aliphatic carbocycles. The van der Waals surface area contributed by atoms with Crippen molar-refractivity contribution in [3.05, 3.63) is 63.9 Å². The van der Waals surface area contributed by atoms with Gasteiger partial charge in [-0.05, 0) is 60.3 Å². The monoisotopic (exact) mass is 284 g/mol. The Hall–Kier alpha value is -1.64. The molecule has 2 aromatic rings. The predicted molar refractivity (Wildman–Crippen MR) is 84.9 cm³/mol. The van der Waals surface area contributed by atoms with Crippen LogP contribution in [0.25, 0.3) is 12.2 Å². The van der Waals surface area contributed by atoms with Gasteiger partial charge < -0.3 is 5.32 Å². The molecule has 102 valence electrons. The highest BCUT2D eigenvalue weighted by atomic mass is 35.5. The van der Waals surface area contributed by atoms with Crippen LogP contribution in [0.4, 0.5) is 0 Å². The van der Waals surface area contributed by atoms with E-state index in [2.05, 4.69) is 28.5 Å². The molecule has 0 spiro atoms. The average Bonchev–Trinajstić information content (AvgIpc) is 2.73. The van der Waals surface area contributed by atoms with E-state index in [0.29, 0.717) is 0 Å². The van der Waals surface area contributed by atoms with E-state index in [4.69, 9.17) is 11.6 Å². The number of nitrogens with one attached hydrogen (secondary N) is 1. The third-order valence-corrected chi connectivity index (χ3v) is 3.98. The number of hydrogen-bond donors (Lipinski definition) is 1. The fourth-order valence-electron chi connectivity index (χ4n) is 2.61. The Morgan fingerprint density at radius 1 is 1.10 bits per heavy atom. The van der Waals surface area contributed by atoms with E-state index in [9.17, 15) is 0 Å². The number of fused-ring (bicyclic) bond motifs is 1. The summed E-state index contributed by atoms with van der Waals surface area (Å²) in [5.74, 6) is 0. The molecule has 0 fully saturated rings. The fourth-order valence-corrected chi connectivity index (χ4v) is 2.85. The van der Waals surface area contributed by atoms with Crippen LogP contribution in [0.15, 0.2) is 36.7 Å². The fraction of sp³-hybridized carbons (Fsp3) is 0.235. The molecule has 2 nitrogen and oxygen atoms in total. The van der Waals surface area contributed by atoms with Gasteiger partial charge in [0.15, 0.2) is 0 Å². The maximum Gasteiger partial charge on any atom is 0.0481 e. The Morgan fingerprint density at radius 3 is 2.85 bits per heavy atom. The van der Waals surface area contributed by atoms with Crippen LogP contribution >= 0.6 is 11.6 Å². The largest absolute Gasteiger partial charge is 0.316 e. The zero-order valence-electron chi connectivity index (χ0n) is 11.3. The summed E-state index contributed by atoms with van der Waals surface area (Å²) < 4.78 is 0. The lowest BCUT2D eigenvalue weighted by molar-refractivity contribution is 0.711. The van der Waals surface area contributed by atoms with Crippen LogP contribution < -0.4 is 5.32 Å². The molecule has 0 saturated carbocycles. The van der Waals surface area contributed by atoms with Crippen LogP contribution in [0.2, 0.25) is 5.02 Å². The highest BCUT2D eigenvalue weighted by molar-refractivity contribution is 6.32. The lowest BCUT2D eigenvalue weighted by atomic mass is 9.96. The first kappa shape index (κ1) is 13.3. The molecule has 20 heavy (non-hydrogen) atoms. The summed E-state index contributed by atoms with van der Waals surface area (Å²) in [6.45, 7) is 2.06. The molecule has 1 aromatic carbocycles. The second kappa shape index (κ2) is 6.21. The van der Waals surface area contributed by atoms with Gasteiger partial charge in [-0.15, -0.1) is 0 Å². The summed E-state index contributed by atoms with van der Waals surface area (Å²) in [7, 11) is 0. The van der Waals surface area contributed by atoms with Crippen molar-refractivity contribution in [3.8, 4) is 0 Å². The smallest absolute Gasteiger partial charge is 0.0481 e.